The Kier molecular flexibility index (Phi) is 4.14. The number of amides is 1. The van der Waals surface area contributed by atoms with E-state index in [4.69, 9.17) is 5.73 Å². The van der Waals surface area contributed by atoms with Crippen molar-refractivity contribution in [3.05, 3.63) is 0 Å². The molecule has 3 N–H and O–H groups in total. The predicted molar refractivity (Wildman–Crippen MR) is 62.4 cm³/mol. The van der Waals surface area contributed by atoms with Crippen LogP contribution >= 0.6 is 0 Å². The highest BCUT2D eigenvalue weighted by atomic mass is 16.2. The fraction of sp³-hybridized carbons (Fsp3) is 0.917. The van der Waals surface area contributed by atoms with Crippen LogP contribution in [0.3, 0.4) is 0 Å². The summed E-state index contributed by atoms with van der Waals surface area (Å²) >= 11 is 0. The zero-order valence-electron chi connectivity index (χ0n) is 10.2. The molecule has 1 aliphatic rings. The Morgan fingerprint density at radius 3 is 2.40 bits per heavy atom. The van der Waals surface area contributed by atoms with E-state index < -0.39 is 0 Å². The molecule has 1 fully saturated rings. The van der Waals surface area contributed by atoms with Gasteiger partial charge in [0.05, 0.1) is 6.04 Å². The lowest BCUT2D eigenvalue weighted by molar-refractivity contribution is -0.123. The maximum absolute atomic E-state index is 11.6. The summed E-state index contributed by atoms with van der Waals surface area (Å²) in [6, 6.07) is -0.366. The monoisotopic (exact) mass is 212 g/mol. The minimum absolute atomic E-state index is 0.00174. The van der Waals surface area contributed by atoms with Crippen molar-refractivity contribution in [3.8, 4) is 0 Å². The lowest BCUT2D eigenvalue weighted by Gasteiger charge is -2.25. The third kappa shape index (κ3) is 3.49. The van der Waals surface area contributed by atoms with Gasteiger partial charge in [-0.15, -0.1) is 0 Å². The molecule has 0 aromatic carbocycles. The molecule has 1 saturated carbocycles. The van der Waals surface area contributed by atoms with Gasteiger partial charge in [0, 0.05) is 6.54 Å². The summed E-state index contributed by atoms with van der Waals surface area (Å²) in [5, 5.41) is 2.98. The van der Waals surface area contributed by atoms with E-state index in [9.17, 15) is 4.79 Å². The molecule has 0 saturated heterocycles. The summed E-state index contributed by atoms with van der Waals surface area (Å²) in [6.45, 7) is 6.98. The number of hydrogen-bond acceptors (Lipinski definition) is 2. The standard InChI is InChI=1S/C12H24N2O/c1-9(2)10(13)11(15)14-8-12(3)6-4-5-7-12/h9-10H,4-8,13H2,1-3H3,(H,14,15). The molecular weight excluding hydrogens is 188 g/mol. The molecule has 0 aliphatic heterocycles. The van der Waals surface area contributed by atoms with Gasteiger partial charge in [-0.2, -0.15) is 0 Å². The van der Waals surface area contributed by atoms with E-state index in [1.54, 1.807) is 0 Å². The summed E-state index contributed by atoms with van der Waals surface area (Å²) in [4.78, 5) is 11.6. The molecule has 0 bridgehead atoms. The second-order valence-electron chi connectivity index (χ2n) is 5.51. The number of carbonyl (C=O) groups is 1. The third-order valence-electron chi connectivity index (χ3n) is 3.52. The number of carbonyl (C=O) groups excluding carboxylic acids is 1. The van der Waals surface area contributed by atoms with Crippen LogP contribution in [0.5, 0.6) is 0 Å². The summed E-state index contributed by atoms with van der Waals surface area (Å²) in [6.07, 6.45) is 5.04. The molecule has 0 heterocycles. The molecule has 3 heteroatoms. The highest BCUT2D eigenvalue weighted by molar-refractivity contribution is 5.81. The van der Waals surface area contributed by atoms with Gasteiger partial charge in [0.1, 0.15) is 0 Å². The van der Waals surface area contributed by atoms with Gasteiger partial charge in [-0.3, -0.25) is 4.79 Å². The largest absolute Gasteiger partial charge is 0.354 e. The van der Waals surface area contributed by atoms with Crippen LogP contribution in [0.15, 0.2) is 0 Å². The van der Waals surface area contributed by atoms with Crippen LogP contribution < -0.4 is 11.1 Å². The first-order chi connectivity index (χ1) is 6.94. The van der Waals surface area contributed by atoms with Crippen LogP contribution in [0.2, 0.25) is 0 Å². The minimum Gasteiger partial charge on any atom is -0.354 e. The Hall–Kier alpha value is -0.570. The van der Waals surface area contributed by atoms with Gasteiger partial charge in [0.25, 0.3) is 0 Å². The topological polar surface area (TPSA) is 55.1 Å². The molecular formula is C12H24N2O. The smallest absolute Gasteiger partial charge is 0.237 e. The van der Waals surface area contributed by atoms with Gasteiger partial charge >= 0.3 is 0 Å². The van der Waals surface area contributed by atoms with Gasteiger partial charge in [-0.25, -0.2) is 0 Å². The quantitative estimate of drug-likeness (QED) is 0.744. The van der Waals surface area contributed by atoms with Gasteiger partial charge in [0.2, 0.25) is 5.91 Å². The number of nitrogens with two attached hydrogens (primary N) is 1. The second kappa shape index (κ2) is 4.97. The number of nitrogens with one attached hydrogen (secondary N) is 1. The average molecular weight is 212 g/mol. The van der Waals surface area contributed by atoms with Crippen LogP contribution in [0.1, 0.15) is 46.5 Å². The molecule has 0 spiro atoms. The van der Waals surface area contributed by atoms with Crippen LogP contribution in [-0.4, -0.2) is 18.5 Å². The van der Waals surface area contributed by atoms with E-state index in [0.29, 0.717) is 5.41 Å². The van der Waals surface area contributed by atoms with Crippen LogP contribution in [0, 0.1) is 11.3 Å². The fourth-order valence-electron chi connectivity index (χ4n) is 2.13. The summed E-state index contributed by atoms with van der Waals surface area (Å²) in [5.41, 5.74) is 6.09. The van der Waals surface area contributed by atoms with Crippen LogP contribution in [0.25, 0.3) is 0 Å². The lowest BCUT2D eigenvalue weighted by Crippen LogP contribution is -2.46. The fourth-order valence-corrected chi connectivity index (χ4v) is 2.13. The molecule has 15 heavy (non-hydrogen) atoms. The molecule has 88 valence electrons. The van der Waals surface area contributed by atoms with Crippen molar-refractivity contribution in [2.24, 2.45) is 17.1 Å². The average Bonchev–Trinajstić information content (AvgIpc) is 2.61. The van der Waals surface area contributed by atoms with Crippen molar-refractivity contribution in [2.75, 3.05) is 6.54 Å². The van der Waals surface area contributed by atoms with Gasteiger partial charge in [-0.05, 0) is 24.2 Å². The Morgan fingerprint density at radius 1 is 1.40 bits per heavy atom. The molecule has 1 rings (SSSR count). The zero-order chi connectivity index (χ0) is 11.5. The normalized spacial score (nSPS) is 21.7. The van der Waals surface area contributed by atoms with E-state index in [0.717, 1.165) is 6.54 Å². The van der Waals surface area contributed by atoms with Crippen molar-refractivity contribution in [3.63, 3.8) is 0 Å². The SMILES string of the molecule is CC(C)C(N)C(=O)NCC1(C)CCCC1. The first-order valence-electron chi connectivity index (χ1n) is 5.98. The highest BCUT2D eigenvalue weighted by Crippen LogP contribution is 2.36. The second-order valence-corrected chi connectivity index (χ2v) is 5.51. The molecule has 1 amide bonds. The Balaban J connectivity index is 2.33. The van der Waals surface area contributed by atoms with Crippen LogP contribution in [-0.2, 0) is 4.79 Å². The molecule has 0 aromatic heterocycles. The first-order valence-corrected chi connectivity index (χ1v) is 5.98. The summed E-state index contributed by atoms with van der Waals surface area (Å²) < 4.78 is 0. The number of hydrogen-bond donors (Lipinski definition) is 2. The van der Waals surface area contributed by atoms with E-state index in [1.165, 1.54) is 25.7 Å². The Bertz CT molecular complexity index is 220. The summed E-state index contributed by atoms with van der Waals surface area (Å²) in [5.74, 6) is 0.208. The minimum atomic E-state index is -0.366. The maximum Gasteiger partial charge on any atom is 0.237 e. The van der Waals surface area contributed by atoms with Crippen molar-refractivity contribution in [1.29, 1.82) is 0 Å². The Labute approximate surface area is 92.8 Å². The Morgan fingerprint density at radius 2 is 1.93 bits per heavy atom. The van der Waals surface area contributed by atoms with Gasteiger partial charge in [-0.1, -0.05) is 33.6 Å². The molecule has 0 aromatic rings. The maximum atomic E-state index is 11.6. The van der Waals surface area contributed by atoms with Crippen LogP contribution in [0.4, 0.5) is 0 Å². The van der Waals surface area contributed by atoms with Crippen molar-refractivity contribution >= 4 is 5.91 Å². The van der Waals surface area contributed by atoms with Gasteiger partial charge < -0.3 is 11.1 Å². The first kappa shape index (κ1) is 12.5. The lowest BCUT2D eigenvalue weighted by atomic mass is 9.88. The number of rotatable bonds is 4. The van der Waals surface area contributed by atoms with Gasteiger partial charge in [0.15, 0.2) is 0 Å². The highest BCUT2D eigenvalue weighted by Gasteiger charge is 2.29. The van der Waals surface area contributed by atoms with E-state index in [2.05, 4.69) is 12.2 Å². The van der Waals surface area contributed by atoms with Crippen molar-refractivity contribution in [1.82, 2.24) is 5.32 Å². The molecule has 3 nitrogen and oxygen atoms in total. The van der Waals surface area contributed by atoms with E-state index in [1.807, 2.05) is 13.8 Å². The summed E-state index contributed by atoms with van der Waals surface area (Å²) in [7, 11) is 0. The molecule has 0 radical (unpaired) electrons. The van der Waals surface area contributed by atoms with E-state index >= 15 is 0 Å². The molecule has 1 atom stereocenters. The molecule has 1 unspecified atom stereocenters. The van der Waals surface area contributed by atoms with E-state index in [-0.39, 0.29) is 17.9 Å². The van der Waals surface area contributed by atoms with Crippen molar-refractivity contribution in [2.45, 2.75) is 52.5 Å². The third-order valence-corrected chi connectivity index (χ3v) is 3.52. The van der Waals surface area contributed by atoms with Crippen molar-refractivity contribution < 1.29 is 4.79 Å². The predicted octanol–water partition coefficient (Wildman–Crippen LogP) is 1.67. The zero-order valence-corrected chi connectivity index (χ0v) is 10.2. The molecule has 1 aliphatic carbocycles.